The summed E-state index contributed by atoms with van der Waals surface area (Å²) in [4.78, 5) is 46.7. The molecule has 9 nitrogen and oxygen atoms in total. The van der Waals surface area contributed by atoms with Crippen LogP contribution in [0.3, 0.4) is 0 Å². The molecule has 178 valence electrons. The predicted octanol–water partition coefficient (Wildman–Crippen LogP) is 3.45. The molecule has 2 aliphatic rings. The molecule has 5 rings (SSSR count). The Kier molecular flexibility index (Phi) is 5.62. The molecule has 0 bridgehead atoms. The number of hydroxylamine groups is 1. The van der Waals surface area contributed by atoms with Crippen LogP contribution in [-0.4, -0.2) is 43.2 Å². The number of carboxylic acids is 1. The normalized spacial score (nSPS) is 21.3. The summed E-state index contributed by atoms with van der Waals surface area (Å²) < 4.78 is 10.7. The number of hydrogen-bond acceptors (Lipinski definition) is 7. The summed E-state index contributed by atoms with van der Waals surface area (Å²) in [6.07, 6.45) is -1.12. The highest BCUT2D eigenvalue weighted by atomic mass is 16.7. The maximum atomic E-state index is 13.7. The Bertz CT molecular complexity index is 1300. The minimum Gasteiger partial charge on any atom is -0.493 e. The van der Waals surface area contributed by atoms with E-state index in [0.29, 0.717) is 11.4 Å². The van der Waals surface area contributed by atoms with Crippen LogP contribution >= 0.6 is 0 Å². The van der Waals surface area contributed by atoms with E-state index < -0.39 is 35.8 Å². The first-order valence-electron chi connectivity index (χ1n) is 10.9. The number of nitrogens with zero attached hydrogens (tertiary/aromatic N) is 2. The molecule has 3 aromatic rings. The number of carboxylic acid groups (broad SMARTS) is 1. The molecule has 2 saturated heterocycles. The van der Waals surface area contributed by atoms with Gasteiger partial charge in [0, 0.05) is 0 Å². The number of aromatic carboxylic acids is 1. The topological polar surface area (TPSA) is 106 Å². The van der Waals surface area contributed by atoms with Crippen LogP contribution in [0.5, 0.6) is 11.5 Å². The van der Waals surface area contributed by atoms with Gasteiger partial charge in [0.25, 0.3) is 5.91 Å². The molecule has 0 unspecified atom stereocenters. The van der Waals surface area contributed by atoms with Crippen molar-refractivity contribution in [3.05, 3.63) is 83.9 Å². The van der Waals surface area contributed by atoms with Gasteiger partial charge in [0.15, 0.2) is 17.6 Å². The molecule has 2 heterocycles. The molecule has 9 heteroatoms. The first-order valence-corrected chi connectivity index (χ1v) is 10.9. The molecule has 3 atom stereocenters. The standard InChI is InChI=1S/C26H22N2O7/c1-33-18-14-13-17(19(26(31)32)22(18)34-2)21-20-23(35-28(21)16-11-7-4-8-12-16)25(30)27(24(20)29)15-9-5-3-6-10-15/h3-14,20-21,23H,1-2H3,(H,31,32)/t20-,21+,23-/m1/s1. The Labute approximate surface area is 201 Å². The number of imide groups is 1. The summed E-state index contributed by atoms with van der Waals surface area (Å²) in [5.41, 5.74) is 1.10. The molecule has 2 aliphatic heterocycles. The van der Waals surface area contributed by atoms with Crippen molar-refractivity contribution in [3.63, 3.8) is 0 Å². The molecular weight excluding hydrogens is 452 g/mol. The first-order chi connectivity index (χ1) is 17.0. The summed E-state index contributed by atoms with van der Waals surface area (Å²) in [7, 11) is 2.75. The number of benzene rings is 3. The third kappa shape index (κ3) is 3.48. The fraction of sp³-hybridized carbons (Fsp3) is 0.192. The van der Waals surface area contributed by atoms with E-state index in [1.54, 1.807) is 66.7 Å². The number of fused-ring (bicyclic) bond motifs is 1. The van der Waals surface area contributed by atoms with Crippen molar-refractivity contribution in [1.82, 2.24) is 0 Å². The molecule has 3 aromatic carbocycles. The summed E-state index contributed by atoms with van der Waals surface area (Å²) in [5, 5.41) is 11.6. The van der Waals surface area contributed by atoms with Gasteiger partial charge in [-0.05, 0) is 35.9 Å². The molecule has 2 amide bonds. The third-order valence-electron chi connectivity index (χ3n) is 6.25. The molecule has 0 spiro atoms. The van der Waals surface area contributed by atoms with E-state index in [4.69, 9.17) is 14.3 Å². The Morgan fingerprint density at radius 1 is 0.857 bits per heavy atom. The molecule has 0 saturated carbocycles. The lowest BCUT2D eigenvalue weighted by molar-refractivity contribution is -0.126. The average Bonchev–Trinajstić information content (AvgIpc) is 3.39. The molecular formula is C26H22N2O7. The number of carbonyl (C=O) groups excluding carboxylic acids is 2. The maximum absolute atomic E-state index is 13.7. The maximum Gasteiger partial charge on any atom is 0.339 e. The largest absolute Gasteiger partial charge is 0.493 e. The highest BCUT2D eigenvalue weighted by Crippen LogP contribution is 2.50. The van der Waals surface area contributed by atoms with Gasteiger partial charge >= 0.3 is 5.97 Å². The first kappa shape index (κ1) is 22.4. The van der Waals surface area contributed by atoms with Gasteiger partial charge in [-0.1, -0.05) is 42.5 Å². The van der Waals surface area contributed by atoms with E-state index in [0.717, 1.165) is 4.90 Å². The Morgan fingerprint density at radius 3 is 2.06 bits per heavy atom. The number of hydrogen-bond donors (Lipinski definition) is 1. The van der Waals surface area contributed by atoms with Crippen molar-refractivity contribution in [2.75, 3.05) is 24.2 Å². The van der Waals surface area contributed by atoms with Crippen molar-refractivity contribution < 1.29 is 33.8 Å². The average molecular weight is 474 g/mol. The van der Waals surface area contributed by atoms with Crippen molar-refractivity contribution in [1.29, 1.82) is 0 Å². The van der Waals surface area contributed by atoms with Crippen molar-refractivity contribution in [2.24, 2.45) is 5.92 Å². The molecule has 1 N–H and O–H groups in total. The molecule has 2 fully saturated rings. The van der Waals surface area contributed by atoms with E-state index in [-0.39, 0.29) is 22.6 Å². The third-order valence-corrected chi connectivity index (χ3v) is 6.25. The fourth-order valence-electron chi connectivity index (χ4n) is 4.77. The van der Waals surface area contributed by atoms with Crippen molar-refractivity contribution in [2.45, 2.75) is 12.1 Å². The van der Waals surface area contributed by atoms with Crippen molar-refractivity contribution in [3.8, 4) is 11.5 Å². The van der Waals surface area contributed by atoms with E-state index in [2.05, 4.69) is 0 Å². The Morgan fingerprint density at radius 2 is 1.49 bits per heavy atom. The quantitative estimate of drug-likeness (QED) is 0.542. The second-order valence-electron chi connectivity index (χ2n) is 8.08. The number of carbonyl (C=O) groups is 3. The van der Waals surface area contributed by atoms with Crippen LogP contribution in [0.2, 0.25) is 0 Å². The molecule has 0 aliphatic carbocycles. The van der Waals surface area contributed by atoms with Gasteiger partial charge in [-0.3, -0.25) is 14.4 Å². The van der Waals surface area contributed by atoms with Crippen LogP contribution in [-0.2, 0) is 14.4 Å². The Balaban J connectivity index is 1.70. The number of para-hydroxylation sites is 2. The summed E-state index contributed by atoms with van der Waals surface area (Å²) in [6, 6.07) is 19.7. The zero-order valence-corrected chi connectivity index (χ0v) is 19.0. The van der Waals surface area contributed by atoms with E-state index in [9.17, 15) is 19.5 Å². The van der Waals surface area contributed by atoms with Crippen molar-refractivity contribution >= 4 is 29.2 Å². The minimum atomic E-state index is -1.26. The fourth-order valence-corrected chi connectivity index (χ4v) is 4.77. The summed E-state index contributed by atoms with van der Waals surface area (Å²) in [5.74, 6) is -2.98. The zero-order chi connectivity index (χ0) is 24.7. The van der Waals surface area contributed by atoms with Crippen LogP contribution in [0, 0.1) is 5.92 Å². The second-order valence-corrected chi connectivity index (χ2v) is 8.08. The van der Waals surface area contributed by atoms with E-state index >= 15 is 0 Å². The lowest BCUT2D eigenvalue weighted by Crippen LogP contribution is -2.37. The number of methoxy groups -OCH3 is 2. The number of rotatable bonds is 6. The minimum absolute atomic E-state index is 0.0191. The molecule has 0 radical (unpaired) electrons. The highest BCUT2D eigenvalue weighted by molar-refractivity contribution is 6.24. The van der Waals surface area contributed by atoms with E-state index in [1.807, 2.05) is 6.07 Å². The summed E-state index contributed by atoms with van der Waals surface area (Å²) >= 11 is 0. The number of amides is 2. The van der Waals surface area contributed by atoms with E-state index in [1.165, 1.54) is 19.3 Å². The lowest BCUT2D eigenvalue weighted by Gasteiger charge is -2.30. The van der Waals surface area contributed by atoms with Gasteiger partial charge in [0.2, 0.25) is 5.91 Å². The highest BCUT2D eigenvalue weighted by Gasteiger charge is 2.61. The predicted molar refractivity (Wildman–Crippen MR) is 125 cm³/mol. The van der Waals surface area contributed by atoms with Gasteiger partial charge in [0.1, 0.15) is 11.5 Å². The van der Waals surface area contributed by atoms with Gasteiger partial charge in [0.05, 0.1) is 31.6 Å². The van der Waals surface area contributed by atoms with Crippen LogP contribution in [0.4, 0.5) is 11.4 Å². The van der Waals surface area contributed by atoms with Crippen LogP contribution in [0.1, 0.15) is 22.0 Å². The monoisotopic (exact) mass is 474 g/mol. The Hall–Kier alpha value is -4.37. The van der Waals surface area contributed by atoms with Crippen LogP contribution in [0.25, 0.3) is 0 Å². The van der Waals surface area contributed by atoms with Crippen LogP contribution in [0.15, 0.2) is 72.8 Å². The lowest BCUT2D eigenvalue weighted by atomic mass is 9.87. The van der Waals surface area contributed by atoms with Gasteiger partial charge in [-0.2, -0.15) is 0 Å². The SMILES string of the molecule is COc1ccc([C@H]2[C@H]3C(=O)N(c4ccccc4)C(=O)[C@@H]3ON2c2ccccc2)c(C(=O)O)c1OC. The smallest absolute Gasteiger partial charge is 0.339 e. The molecule has 35 heavy (non-hydrogen) atoms. The van der Waals surface area contributed by atoms with Gasteiger partial charge < -0.3 is 14.6 Å². The van der Waals surface area contributed by atoms with Gasteiger partial charge in [-0.25, -0.2) is 14.8 Å². The molecule has 0 aromatic heterocycles. The number of anilines is 2. The second kappa shape index (κ2) is 8.77. The van der Waals surface area contributed by atoms with Crippen LogP contribution < -0.4 is 19.4 Å². The zero-order valence-electron chi connectivity index (χ0n) is 19.0. The number of ether oxygens (including phenoxy) is 2. The summed E-state index contributed by atoms with van der Waals surface area (Å²) in [6.45, 7) is 0. The van der Waals surface area contributed by atoms with Gasteiger partial charge in [-0.15, -0.1) is 0 Å².